The van der Waals surface area contributed by atoms with Crippen LogP contribution in [-0.2, 0) is 12.8 Å². The zero-order valence-electron chi connectivity index (χ0n) is 30.4. The normalized spacial score (nSPS) is 12.1. The van der Waals surface area contributed by atoms with E-state index in [-0.39, 0.29) is 0 Å². The summed E-state index contributed by atoms with van der Waals surface area (Å²) in [6.07, 6.45) is 5.01. The molecule has 1 aliphatic carbocycles. The molecule has 0 aliphatic heterocycles. The van der Waals surface area contributed by atoms with Gasteiger partial charge in [-0.3, -0.25) is 0 Å². The molecular weight excluding hydrogens is 653 g/mol. The lowest BCUT2D eigenvalue weighted by molar-refractivity contribution is 0.686. The van der Waals surface area contributed by atoms with Crippen LogP contribution in [0.15, 0.2) is 206 Å². The fourth-order valence-electron chi connectivity index (χ4n) is 7.80. The van der Waals surface area contributed by atoms with E-state index in [9.17, 15) is 0 Å². The predicted molar refractivity (Wildman–Crippen MR) is 229 cm³/mol. The van der Waals surface area contributed by atoms with E-state index in [2.05, 4.69) is 216 Å². The summed E-state index contributed by atoms with van der Waals surface area (Å²) in [7, 11) is 0. The Morgan fingerprint density at radius 2 is 0.537 bits per heavy atom. The molecule has 54 heavy (non-hydrogen) atoms. The van der Waals surface area contributed by atoms with Crippen molar-refractivity contribution in [3.05, 3.63) is 217 Å². The Kier molecular flexibility index (Phi) is 9.32. The number of fused-ring (bicyclic) bond motifs is 1. The number of rotatable bonds is 9. The molecule has 0 aromatic heterocycles. The van der Waals surface area contributed by atoms with Crippen molar-refractivity contribution >= 4 is 34.1 Å². The largest absolute Gasteiger partial charge is 0.311 e. The lowest BCUT2D eigenvalue weighted by Gasteiger charge is -2.26. The number of hydrogen-bond acceptors (Lipinski definition) is 2. The summed E-state index contributed by atoms with van der Waals surface area (Å²) in [5, 5.41) is 0. The average molecular weight is 695 g/mol. The van der Waals surface area contributed by atoms with Crippen molar-refractivity contribution in [3.8, 4) is 33.4 Å². The van der Waals surface area contributed by atoms with E-state index in [1.807, 2.05) is 0 Å². The van der Waals surface area contributed by atoms with Crippen LogP contribution in [-0.4, -0.2) is 0 Å². The van der Waals surface area contributed by atoms with E-state index in [4.69, 9.17) is 0 Å². The molecule has 8 aromatic rings. The second-order valence-electron chi connectivity index (χ2n) is 14.1. The Bertz CT molecular complexity index is 2440. The molecule has 0 saturated carbocycles. The van der Waals surface area contributed by atoms with Crippen LogP contribution in [0.5, 0.6) is 0 Å². The molecule has 2 nitrogen and oxygen atoms in total. The summed E-state index contributed by atoms with van der Waals surface area (Å²) in [5.74, 6) is 0. The van der Waals surface area contributed by atoms with Crippen molar-refractivity contribution in [2.75, 3.05) is 9.80 Å². The third kappa shape index (κ3) is 6.95. The first-order valence-electron chi connectivity index (χ1n) is 19.1. The van der Waals surface area contributed by atoms with Gasteiger partial charge in [0.15, 0.2) is 0 Å². The highest BCUT2D eigenvalue weighted by Crippen LogP contribution is 2.39. The van der Waals surface area contributed by atoms with Crippen molar-refractivity contribution in [2.45, 2.75) is 25.7 Å². The quantitative estimate of drug-likeness (QED) is 0.148. The molecule has 0 fully saturated rings. The Hall–Kier alpha value is -6.64. The minimum absolute atomic E-state index is 1.11. The van der Waals surface area contributed by atoms with Crippen LogP contribution in [0.2, 0.25) is 0 Å². The Morgan fingerprint density at radius 3 is 0.944 bits per heavy atom. The van der Waals surface area contributed by atoms with Crippen LogP contribution in [0.3, 0.4) is 0 Å². The summed E-state index contributed by atoms with van der Waals surface area (Å²) >= 11 is 0. The smallest absolute Gasteiger partial charge is 0.0462 e. The number of nitrogens with zero attached hydrogens (tertiary/aromatic N) is 2. The molecular formula is C52H42N2. The number of para-hydroxylation sites is 2. The van der Waals surface area contributed by atoms with Gasteiger partial charge in [-0.1, -0.05) is 133 Å². The second-order valence-corrected chi connectivity index (χ2v) is 14.1. The molecule has 0 N–H and O–H groups in total. The lowest BCUT2D eigenvalue weighted by atomic mass is 9.89. The van der Waals surface area contributed by atoms with Gasteiger partial charge < -0.3 is 9.80 Å². The van der Waals surface area contributed by atoms with E-state index >= 15 is 0 Å². The standard InChI is InChI=1S/C52H42N2/c1-4-12-39(13-5-1)41-22-30-49(31-23-41)53(47-16-6-2-7-17-47)50-32-24-42(25-33-50)43-26-34-51(35-27-43)54(48-18-8-3-9-19-48)52-36-28-44(29-37-52)46-21-20-40-14-10-11-15-45(40)38-46/h1-9,12-13,16-38H,10-11,14-15H2. The number of hydrogen-bond donors (Lipinski definition) is 0. The molecule has 0 spiro atoms. The summed E-state index contributed by atoms with van der Waals surface area (Å²) in [6, 6.07) is 74.5. The van der Waals surface area contributed by atoms with E-state index in [1.54, 1.807) is 0 Å². The maximum Gasteiger partial charge on any atom is 0.0462 e. The molecule has 0 unspecified atom stereocenters. The molecule has 0 radical (unpaired) electrons. The van der Waals surface area contributed by atoms with Gasteiger partial charge in [-0.05, 0) is 143 Å². The van der Waals surface area contributed by atoms with Crippen LogP contribution >= 0.6 is 0 Å². The molecule has 0 saturated heterocycles. The fourth-order valence-corrected chi connectivity index (χ4v) is 7.80. The van der Waals surface area contributed by atoms with Crippen LogP contribution in [0, 0.1) is 0 Å². The Morgan fingerprint density at radius 1 is 0.241 bits per heavy atom. The van der Waals surface area contributed by atoms with Gasteiger partial charge in [0, 0.05) is 34.1 Å². The SMILES string of the molecule is c1ccc(-c2ccc(N(c3ccccc3)c3ccc(-c4ccc(N(c5ccccc5)c5ccc(-c6ccc7c(c6)CCCC7)cc5)cc4)cc3)cc2)cc1. The van der Waals surface area contributed by atoms with Crippen molar-refractivity contribution in [3.63, 3.8) is 0 Å². The van der Waals surface area contributed by atoms with E-state index in [0.29, 0.717) is 0 Å². The first-order chi connectivity index (χ1) is 26.8. The number of aryl methyl sites for hydroxylation is 2. The summed E-state index contributed by atoms with van der Waals surface area (Å²) < 4.78 is 0. The van der Waals surface area contributed by atoms with Crippen molar-refractivity contribution in [1.29, 1.82) is 0 Å². The molecule has 1 aliphatic rings. The van der Waals surface area contributed by atoms with Crippen LogP contribution < -0.4 is 9.80 Å². The van der Waals surface area contributed by atoms with Crippen LogP contribution in [0.1, 0.15) is 24.0 Å². The number of anilines is 6. The Labute approximate surface area is 319 Å². The van der Waals surface area contributed by atoms with Gasteiger partial charge in [-0.2, -0.15) is 0 Å². The van der Waals surface area contributed by atoms with Gasteiger partial charge in [0.2, 0.25) is 0 Å². The van der Waals surface area contributed by atoms with Crippen molar-refractivity contribution in [2.24, 2.45) is 0 Å². The van der Waals surface area contributed by atoms with Gasteiger partial charge in [0.05, 0.1) is 0 Å². The van der Waals surface area contributed by atoms with Crippen LogP contribution in [0.4, 0.5) is 34.1 Å². The van der Waals surface area contributed by atoms with Gasteiger partial charge >= 0.3 is 0 Å². The molecule has 0 bridgehead atoms. The fraction of sp³-hybridized carbons (Fsp3) is 0.0769. The van der Waals surface area contributed by atoms with Gasteiger partial charge in [-0.15, -0.1) is 0 Å². The zero-order chi connectivity index (χ0) is 36.1. The van der Waals surface area contributed by atoms with E-state index in [1.165, 1.54) is 70.2 Å². The maximum absolute atomic E-state index is 2.41. The highest BCUT2D eigenvalue weighted by atomic mass is 15.1. The van der Waals surface area contributed by atoms with E-state index in [0.717, 1.165) is 34.1 Å². The van der Waals surface area contributed by atoms with E-state index < -0.39 is 0 Å². The van der Waals surface area contributed by atoms with Gasteiger partial charge in [0.1, 0.15) is 0 Å². The molecule has 0 atom stereocenters. The summed E-state index contributed by atoms with van der Waals surface area (Å²) in [6.45, 7) is 0. The third-order valence-corrected chi connectivity index (χ3v) is 10.7. The molecule has 260 valence electrons. The van der Waals surface area contributed by atoms with Crippen molar-refractivity contribution in [1.82, 2.24) is 0 Å². The first-order valence-corrected chi connectivity index (χ1v) is 19.1. The van der Waals surface area contributed by atoms with Gasteiger partial charge in [-0.25, -0.2) is 0 Å². The molecule has 9 rings (SSSR count). The van der Waals surface area contributed by atoms with Gasteiger partial charge in [0.25, 0.3) is 0 Å². The molecule has 8 aromatic carbocycles. The minimum Gasteiger partial charge on any atom is -0.311 e. The summed E-state index contributed by atoms with van der Waals surface area (Å²) in [4.78, 5) is 4.65. The topological polar surface area (TPSA) is 6.48 Å². The highest BCUT2D eigenvalue weighted by Gasteiger charge is 2.16. The second kappa shape index (κ2) is 15.1. The summed E-state index contributed by atoms with van der Waals surface area (Å²) in [5.41, 5.74) is 17.1. The predicted octanol–water partition coefficient (Wildman–Crippen LogP) is 14.5. The lowest BCUT2D eigenvalue weighted by Crippen LogP contribution is -2.10. The minimum atomic E-state index is 1.11. The van der Waals surface area contributed by atoms with Crippen LogP contribution in [0.25, 0.3) is 33.4 Å². The van der Waals surface area contributed by atoms with Crippen molar-refractivity contribution < 1.29 is 0 Å². The molecule has 0 amide bonds. The zero-order valence-corrected chi connectivity index (χ0v) is 30.4. The maximum atomic E-state index is 2.41. The molecule has 2 heteroatoms. The first kappa shape index (κ1) is 33.2. The highest BCUT2D eigenvalue weighted by molar-refractivity contribution is 5.82. The number of benzene rings is 8. The Balaban J connectivity index is 0.985. The monoisotopic (exact) mass is 694 g/mol. The third-order valence-electron chi connectivity index (χ3n) is 10.7. The average Bonchev–Trinajstić information content (AvgIpc) is 3.26. The molecule has 0 heterocycles.